The van der Waals surface area contributed by atoms with Crippen molar-refractivity contribution in [3.63, 3.8) is 0 Å². The van der Waals surface area contributed by atoms with E-state index in [9.17, 15) is 13.2 Å². The molecule has 6 nitrogen and oxygen atoms in total. The molecule has 21 heavy (non-hydrogen) atoms. The quantitative estimate of drug-likeness (QED) is 0.740. The highest BCUT2D eigenvalue weighted by molar-refractivity contribution is 7.89. The number of fused-ring (bicyclic) bond motifs is 1. The number of piperazine rings is 1. The van der Waals surface area contributed by atoms with Crippen LogP contribution in [0.25, 0.3) is 0 Å². The summed E-state index contributed by atoms with van der Waals surface area (Å²) >= 11 is 0. The summed E-state index contributed by atoms with van der Waals surface area (Å²) in [7, 11) is 0.332. The molecule has 1 amide bonds. The number of hydrogen-bond acceptors (Lipinski definition) is 3. The van der Waals surface area contributed by atoms with Crippen LogP contribution in [0.5, 0.6) is 0 Å². The van der Waals surface area contributed by atoms with Crippen molar-refractivity contribution in [2.45, 2.75) is 11.3 Å². The number of anilines is 1. The smallest absolute Gasteiger partial charge is 0.243 e. The number of carbonyl (C=O) groups is 1. The molecule has 7 heteroatoms. The molecule has 0 unspecified atom stereocenters. The summed E-state index contributed by atoms with van der Waals surface area (Å²) in [4.78, 5) is 14.9. The molecular formula is C14H20N3O3S+. The van der Waals surface area contributed by atoms with Gasteiger partial charge in [-0.25, -0.2) is 8.42 Å². The first-order valence-corrected chi connectivity index (χ1v) is 8.54. The van der Waals surface area contributed by atoms with Crippen molar-refractivity contribution in [2.24, 2.45) is 0 Å². The maximum Gasteiger partial charge on any atom is 0.243 e. The largest absolute Gasteiger partial charge is 0.335 e. The van der Waals surface area contributed by atoms with Crippen molar-refractivity contribution >= 4 is 21.6 Å². The highest BCUT2D eigenvalue weighted by Crippen LogP contribution is 2.30. The van der Waals surface area contributed by atoms with Crippen LogP contribution in [-0.4, -0.2) is 58.9 Å². The number of nitrogens with zero attached hydrogens (tertiary/aromatic N) is 2. The predicted molar refractivity (Wildman–Crippen MR) is 78.9 cm³/mol. The predicted octanol–water partition coefficient (Wildman–Crippen LogP) is -1.28. The Bertz CT molecular complexity index is 679. The summed E-state index contributed by atoms with van der Waals surface area (Å²) in [5, 5.41) is 0. The fourth-order valence-electron chi connectivity index (χ4n) is 2.86. The molecule has 0 bridgehead atoms. The van der Waals surface area contributed by atoms with Crippen LogP contribution in [0.1, 0.15) is 5.56 Å². The normalized spacial score (nSPS) is 20.9. The van der Waals surface area contributed by atoms with Gasteiger partial charge in [-0.2, -0.15) is 4.31 Å². The molecule has 0 saturated carbocycles. The molecule has 0 aromatic heterocycles. The highest BCUT2D eigenvalue weighted by Gasteiger charge is 2.31. The minimum Gasteiger partial charge on any atom is -0.335 e. The monoisotopic (exact) mass is 310 g/mol. The average molecular weight is 310 g/mol. The van der Waals surface area contributed by atoms with Gasteiger partial charge in [0, 0.05) is 12.7 Å². The molecule has 1 fully saturated rings. The van der Waals surface area contributed by atoms with Gasteiger partial charge in [-0.3, -0.25) is 4.79 Å². The number of amides is 1. The van der Waals surface area contributed by atoms with Crippen LogP contribution in [0.15, 0.2) is 23.1 Å². The van der Waals surface area contributed by atoms with Gasteiger partial charge in [0.05, 0.1) is 44.5 Å². The number of sulfonamides is 1. The van der Waals surface area contributed by atoms with Crippen molar-refractivity contribution in [1.82, 2.24) is 4.31 Å². The van der Waals surface area contributed by atoms with Crippen molar-refractivity contribution in [1.29, 1.82) is 0 Å². The third-order valence-electron chi connectivity index (χ3n) is 4.34. The van der Waals surface area contributed by atoms with Gasteiger partial charge in [0.25, 0.3) is 0 Å². The lowest BCUT2D eigenvalue weighted by atomic mass is 10.2. The zero-order chi connectivity index (χ0) is 15.2. The summed E-state index contributed by atoms with van der Waals surface area (Å²) in [5.41, 5.74) is 1.60. The Labute approximate surface area is 125 Å². The number of quaternary nitrogens is 1. The van der Waals surface area contributed by atoms with Crippen LogP contribution in [0.2, 0.25) is 0 Å². The maximum atomic E-state index is 12.7. The zero-order valence-corrected chi connectivity index (χ0v) is 13.1. The van der Waals surface area contributed by atoms with Gasteiger partial charge in [0.2, 0.25) is 15.9 Å². The highest BCUT2D eigenvalue weighted by atomic mass is 32.2. The maximum absolute atomic E-state index is 12.7. The molecule has 3 rings (SSSR count). The topological polar surface area (TPSA) is 62.1 Å². The number of carbonyl (C=O) groups excluding carboxylic acids is 1. The van der Waals surface area contributed by atoms with Gasteiger partial charge in [0.1, 0.15) is 0 Å². The van der Waals surface area contributed by atoms with E-state index in [4.69, 9.17) is 0 Å². The minimum absolute atomic E-state index is 0.00254. The van der Waals surface area contributed by atoms with Crippen LogP contribution in [-0.2, 0) is 21.2 Å². The van der Waals surface area contributed by atoms with E-state index in [0.717, 1.165) is 24.3 Å². The van der Waals surface area contributed by atoms with Gasteiger partial charge >= 0.3 is 0 Å². The molecule has 1 aromatic rings. The van der Waals surface area contributed by atoms with E-state index in [1.54, 1.807) is 34.5 Å². The summed E-state index contributed by atoms with van der Waals surface area (Å²) < 4.78 is 26.9. The van der Waals surface area contributed by atoms with Crippen LogP contribution >= 0.6 is 0 Å². The lowest BCUT2D eigenvalue weighted by Gasteiger charge is -2.29. The second kappa shape index (κ2) is 5.08. The fourth-order valence-corrected chi connectivity index (χ4v) is 4.36. The molecule has 1 saturated heterocycles. The summed E-state index contributed by atoms with van der Waals surface area (Å²) in [6, 6.07) is 4.99. The number of nitrogens with one attached hydrogen (secondary N) is 1. The van der Waals surface area contributed by atoms with Crippen molar-refractivity contribution < 1.29 is 18.1 Å². The summed E-state index contributed by atoms with van der Waals surface area (Å²) in [6.07, 6.45) is 0.280. The van der Waals surface area contributed by atoms with E-state index in [-0.39, 0.29) is 12.3 Å². The molecule has 0 aliphatic carbocycles. The lowest BCUT2D eigenvalue weighted by molar-refractivity contribution is -0.883. The summed E-state index contributed by atoms with van der Waals surface area (Å²) in [6.45, 7) is 2.74. The number of hydrogen-bond donors (Lipinski definition) is 1. The Morgan fingerprint density at radius 2 is 1.86 bits per heavy atom. The van der Waals surface area contributed by atoms with Gasteiger partial charge in [-0.05, 0) is 23.8 Å². The van der Waals surface area contributed by atoms with Gasteiger partial charge < -0.3 is 9.80 Å². The first-order chi connectivity index (χ1) is 9.89. The van der Waals surface area contributed by atoms with Crippen molar-refractivity contribution in [3.05, 3.63) is 23.8 Å². The minimum atomic E-state index is -3.45. The van der Waals surface area contributed by atoms with Crippen LogP contribution in [0.4, 0.5) is 5.69 Å². The third-order valence-corrected chi connectivity index (χ3v) is 6.24. The molecule has 0 spiro atoms. The Morgan fingerprint density at radius 1 is 1.19 bits per heavy atom. The van der Waals surface area contributed by atoms with Crippen LogP contribution < -0.4 is 9.80 Å². The first kappa shape index (κ1) is 14.5. The van der Waals surface area contributed by atoms with E-state index < -0.39 is 10.0 Å². The summed E-state index contributed by atoms with van der Waals surface area (Å²) in [5.74, 6) is 0.00254. The molecule has 1 aromatic carbocycles. The Balaban J connectivity index is 1.91. The van der Waals surface area contributed by atoms with Gasteiger partial charge in [0.15, 0.2) is 0 Å². The van der Waals surface area contributed by atoms with E-state index >= 15 is 0 Å². The van der Waals surface area contributed by atoms with Crippen molar-refractivity contribution in [2.75, 3.05) is 45.2 Å². The Morgan fingerprint density at radius 3 is 2.52 bits per heavy atom. The second-order valence-corrected chi connectivity index (χ2v) is 7.72. The second-order valence-electron chi connectivity index (χ2n) is 5.78. The number of likely N-dealkylation sites (N-methyl/N-ethyl adjacent to an activating group) is 2. The lowest BCUT2D eigenvalue weighted by Crippen LogP contribution is -3.12. The van der Waals surface area contributed by atoms with E-state index in [0.29, 0.717) is 18.0 Å². The molecule has 2 aliphatic heterocycles. The first-order valence-electron chi connectivity index (χ1n) is 7.10. The Kier molecular flexibility index (Phi) is 3.51. The molecule has 0 atom stereocenters. The molecule has 114 valence electrons. The van der Waals surface area contributed by atoms with E-state index in [1.807, 2.05) is 0 Å². The standard InChI is InChI=1S/C14H19N3O3S/c1-15-5-7-17(8-6-15)21(19,20)12-3-4-13-11(9-12)10-14(18)16(13)2/h3-4,9H,5-8,10H2,1-2H3/p+1. The zero-order valence-electron chi connectivity index (χ0n) is 12.3. The molecule has 2 aliphatic rings. The fraction of sp³-hybridized carbons (Fsp3) is 0.500. The third kappa shape index (κ3) is 2.45. The van der Waals surface area contributed by atoms with E-state index in [2.05, 4.69) is 7.05 Å². The molecule has 0 radical (unpaired) electrons. The number of rotatable bonds is 2. The van der Waals surface area contributed by atoms with Gasteiger partial charge in [-0.15, -0.1) is 0 Å². The van der Waals surface area contributed by atoms with E-state index in [1.165, 1.54) is 4.90 Å². The average Bonchev–Trinajstić information content (AvgIpc) is 2.74. The van der Waals surface area contributed by atoms with Gasteiger partial charge in [-0.1, -0.05) is 0 Å². The van der Waals surface area contributed by atoms with Crippen LogP contribution in [0, 0.1) is 0 Å². The molecular weight excluding hydrogens is 290 g/mol. The molecule has 1 N–H and O–H groups in total. The molecule has 2 heterocycles. The van der Waals surface area contributed by atoms with Crippen molar-refractivity contribution in [3.8, 4) is 0 Å². The SMILES string of the molecule is CN1C(=O)Cc2cc(S(=O)(=O)N3CC[NH+](C)CC3)ccc21. The number of benzene rings is 1. The van der Waals surface area contributed by atoms with Crippen LogP contribution in [0.3, 0.4) is 0 Å². The Hall–Kier alpha value is -1.44.